The molecule has 0 saturated carbocycles. The Hall–Kier alpha value is -0.860. The summed E-state index contributed by atoms with van der Waals surface area (Å²) in [4.78, 5) is 26.1. The topological polar surface area (TPSA) is 75.6 Å². The van der Waals surface area contributed by atoms with Crippen LogP contribution in [0, 0.1) is 3.57 Å². The number of carboxylic acids is 1. The number of carbonyl (C=O) groups is 2. The van der Waals surface area contributed by atoms with E-state index >= 15 is 0 Å². The fourth-order valence-electron chi connectivity index (χ4n) is 0.890. The number of carbonyl (C=O) groups excluding carboxylic acids is 1. The number of aliphatic carboxylic acids is 1. The predicted molar refractivity (Wildman–Crippen MR) is 65.2 cm³/mol. The van der Waals surface area contributed by atoms with Gasteiger partial charge in [-0.1, -0.05) is 11.6 Å². The molecule has 0 aliphatic heterocycles. The van der Waals surface area contributed by atoms with Crippen LogP contribution in [0.1, 0.15) is 10.4 Å². The summed E-state index contributed by atoms with van der Waals surface area (Å²) in [5, 5.41) is 8.72. The van der Waals surface area contributed by atoms with Gasteiger partial charge in [0.25, 0.3) is 5.91 Å². The largest absolute Gasteiger partial charge is 0.479 e. The molecule has 0 atom stereocenters. The minimum atomic E-state index is -1.17. The highest BCUT2D eigenvalue weighted by molar-refractivity contribution is 14.1. The zero-order valence-electron chi connectivity index (χ0n) is 7.87. The van der Waals surface area contributed by atoms with E-state index in [1.807, 2.05) is 28.1 Å². The first-order valence-electron chi connectivity index (χ1n) is 4.09. The molecule has 0 aliphatic rings. The first kappa shape index (κ1) is 13.2. The van der Waals surface area contributed by atoms with E-state index in [0.29, 0.717) is 14.2 Å². The van der Waals surface area contributed by atoms with Crippen LogP contribution in [0.2, 0.25) is 5.02 Å². The third kappa shape index (κ3) is 3.95. The molecule has 7 heteroatoms. The molecule has 0 spiro atoms. The van der Waals surface area contributed by atoms with E-state index in [0.717, 1.165) is 0 Å². The van der Waals surface area contributed by atoms with Crippen molar-refractivity contribution in [2.24, 2.45) is 0 Å². The van der Waals surface area contributed by atoms with E-state index in [1.165, 1.54) is 6.07 Å². The number of amides is 1. The Balaban J connectivity index is 2.65. The van der Waals surface area contributed by atoms with Gasteiger partial charge in [-0.2, -0.15) is 0 Å². The van der Waals surface area contributed by atoms with E-state index in [-0.39, 0.29) is 0 Å². The molecule has 1 aromatic carbocycles. The number of benzene rings is 1. The second-order valence-electron chi connectivity index (χ2n) is 2.74. The highest BCUT2D eigenvalue weighted by atomic mass is 127. The van der Waals surface area contributed by atoms with E-state index < -0.39 is 18.5 Å². The molecule has 0 bridgehead atoms. The molecule has 16 heavy (non-hydrogen) atoms. The molecule has 0 heterocycles. The van der Waals surface area contributed by atoms with Crippen LogP contribution in [0.15, 0.2) is 18.2 Å². The maximum absolute atomic E-state index is 11.5. The van der Waals surface area contributed by atoms with Crippen molar-refractivity contribution in [2.45, 2.75) is 0 Å². The van der Waals surface area contributed by atoms with Crippen LogP contribution < -0.4 is 5.48 Å². The summed E-state index contributed by atoms with van der Waals surface area (Å²) in [5.74, 6) is -1.70. The minimum Gasteiger partial charge on any atom is -0.479 e. The summed E-state index contributed by atoms with van der Waals surface area (Å²) < 4.78 is 0.693. The van der Waals surface area contributed by atoms with Gasteiger partial charge >= 0.3 is 5.97 Å². The Bertz CT molecular complexity index is 424. The molecule has 86 valence electrons. The van der Waals surface area contributed by atoms with Crippen molar-refractivity contribution >= 4 is 46.1 Å². The summed E-state index contributed by atoms with van der Waals surface area (Å²) >= 11 is 7.69. The Morgan fingerprint density at radius 2 is 2.19 bits per heavy atom. The van der Waals surface area contributed by atoms with E-state index in [4.69, 9.17) is 16.7 Å². The summed E-state index contributed by atoms with van der Waals surface area (Å²) in [6, 6.07) is 4.80. The van der Waals surface area contributed by atoms with E-state index in [9.17, 15) is 9.59 Å². The zero-order valence-corrected chi connectivity index (χ0v) is 10.8. The molecule has 5 nitrogen and oxygen atoms in total. The van der Waals surface area contributed by atoms with Crippen LogP contribution in [0.25, 0.3) is 0 Å². The Labute approximate surface area is 110 Å². The lowest BCUT2D eigenvalue weighted by Gasteiger charge is -2.05. The van der Waals surface area contributed by atoms with Crippen molar-refractivity contribution in [1.82, 2.24) is 5.48 Å². The van der Waals surface area contributed by atoms with Crippen molar-refractivity contribution in [1.29, 1.82) is 0 Å². The number of carboxylic acid groups (broad SMARTS) is 1. The summed E-state index contributed by atoms with van der Waals surface area (Å²) in [5.41, 5.74) is 2.35. The van der Waals surface area contributed by atoms with Gasteiger partial charge in [-0.25, -0.2) is 10.3 Å². The third-order valence-corrected chi connectivity index (χ3v) is 2.71. The number of halogens is 2. The summed E-state index contributed by atoms with van der Waals surface area (Å²) in [6.07, 6.45) is 0. The molecule has 1 amide bonds. The van der Waals surface area contributed by atoms with Crippen molar-refractivity contribution in [3.63, 3.8) is 0 Å². The molecule has 2 N–H and O–H groups in total. The zero-order chi connectivity index (χ0) is 12.1. The number of hydrogen-bond donors (Lipinski definition) is 2. The Kier molecular flexibility index (Phi) is 4.97. The second-order valence-corrected chi connectivity index (χ2v) is 4.34. The third-order valence-electron chi connectivity index (χ3n) is 1.53. The van der Waals surface area contributed by atoms with Crippen molar-refractivity contribution in [3.8, 4) is 0 Å². The molecule has 0 fully saturated rings. The number of hydrogen-bond acceptors (Lipinski definition) is 3. The predicted octanol–water partition coefficient (Wildman–Crippen LogP) is 1.69. The van der Waals surface area contributed by atoms with Crippen LogP contribution >= 0.6 is 34.2 Å². The molecule has 1 aromatic rings. The lowest BCUT2D eigenvalue weighted by atomic mass is 10.2. The van der Waals surface area contributed by atoms with Gasteiger partial charge in [-0.3, -0.25) is 9.63 Å². The number of rotatable bonds is 4. The maximum Gasteiger partial charge on any atom is 0.332 e. The average molecular weight is 356 g/mol. The first-order valence-corrected chi connectivity index (χ1v) is 5.55. The minimum absolute atomic E-state index is 0.332. The Morgan fingerprint density at radius 1 is 1.50 bits per heavy atom. The fraction of sp³-hybridized carbons (Fsp3) is 0.111. The SMILES string of the molecule is O=C(O)CONC(=O)c1cc(Cl)ccc1I. The lowest BCUT2D eigenvalue weighted by Crippen LogP contribution is -2.27. The quantitative estimate of drug-likeness (QED) is 0.637. The monoisotopic (exact) mass is 355 g/mol. The smallest absolute Gasteiger partial charge is 0.332 e. The van der Waals surface area contributed by atoms with Gasteiger partial charge in [0.1, 0.15) is 0 Å². The highest BCUT2D eigenvalue weighted by Gasteiger charge is 2.11. The van der Waals surface area contributed by atoms with Crippen LogP contribution in [0.3, 0.4) is 0 Å². The molecule has 0 saturated heterocycles. The van der Waals surface area contributed by atoms with Crippen LogP contribution in [0.5, 0.6) is 0 Å². The Morgan fingerprint density at radius 3 is 2.81 bits per heavy atom. The average Bonchev–Trinajstić information content (AvgIpc) is 2.21. The maximum atomic E-state index is 11.5. The molecule has 0 aliphatic carbocycles. The number of hydroxylamine groups is 1. The van der Waals surface area contributed by atoms with Gasteiger partial charge in [0.2, 0.25) is 0 Å². The molecular weight excluding hydrogens is 348 g/mol. The standard InChI is InChI=1S/C9H7ClINO4/c10-5-1-2-7(11)6(3-5)9(15)12-16-4-8(13)14/h1-3H,4H2,(H,12,15)(H,13,14). The van der Waals surface area contributed by atoms with Crippen molar-refractivity contribution in [3.05, 3.63) is 32.4 Å². The number of nitrogens with one attached hydrogen (secondary N) is 1. The van der Waals surface area contributed by atoms with Gasteiger partial charge < -0.3 is 5.11 Å². The van der Waals surface area contributed by atoms with E-state index in [1.54, 1.807) is 12.1 Å². The van der Waals surface area contributed by atoms with E-state index in [2.05, 4.69) is 4.84 Å². The molecule has 0 unspecified atom stereocenters. The van der Waals surface area contributed by atoms with Gasteiger partial charge in [0.05, 0.1) is 5.56 Å². The molecule has 1 rings (SSSR count). The van der Waals surface area contributed by atoms with Gasteiger partial charge in [0.15, 0.2) is 6.61 Å². The molecular formula is C9H7ClINO4. The van der Waals surface area contributed by atoms with Crippen LogP contribution in [0.4, 0.5) is 0 Å². The van der Waals surface area contributed by atoms with Crippen molar-refractivity contribution < 1.29 is 19.5 Å². The van der Waals surface area contributed by atoms with Gasteiger partial charge in [-0.05, 0) is 40.8 Å². The first-order chi connectivity index (χ1) is 7.50. The lowest BCUT2D eigenvalue weighted by molar-refractivity contribution is -0.144. The van der Waals surface area contributed by atoms with Gasteiger partial charge in [-0.15, -0.1) is 0 Å². The second kappa shape index (κ2) is 6.02. The highest BCUT2D eigenvalue weighted by Crippen LogP contribution is 2.17. The van der Waals surface area contributed by atoms with Crippen LogP contribution in [-0.4, -0.2) is 23.6 Å². The molecule has 0 radical (unpaired) electrons. The fourth-order valence-corrected chi connectivity index (χ4v) is 1.64. The van der Waals surface area contributed by atoms with Gasteiger partial charge in [0, 0.05) is 8.59 Å². The van der Waals surface area contributed by atoms with Crippen LogP contribution in [-0.2, 0) is 9.63 Å². The summed E-state index contributed by atoms with van der Waals surface area (Å²) in [7, 11) is 0. The molecule has 0 aromatic heterocycles. The van der Waals surface area contributed by atoms with Crippen molar-refractivity contribution in [2.75, 3.05) is 6.61 Å². The normalized spacial score (nSPS) is 9.88. The summed E-state index contributed by atoms with van der Waals surface area (Å²) in [6.45, 7) is -0.594.